The smallest absolute Gasteiger partial charge is 0.308 e. The average Bonchev–Trinajstić information content (AvgIpc) is 3.16. The second-order valence-corrected chi connectivity index (χ2v) is 9.13. The van der Waals surface area contributed by atoms with Gasteiger partial charge in [-0.25, -0.2) is 0 Å². The molecule has 0 amide bonds. The summed E-state index contributed by atoms with van der Waals surface area (Å²) in [6.07, 6.45) is 1.46. The molecule has 1 aliphatic rings. The van der Waals surface area contributed by atoms with Crippen LogP contribution < -0.4 is 29.1 Å². The molecule has 3 aromatic rings. The zero-order chi connectivity index (χ0) is 27.4. The molecular formula is C30H33NO7. The van der Waals surface area contributed by atoms with E-state index in [0.717, 1.165) is 40.7 Å². The second-order valence-electron chi connectivity index (χ2n) is 9.13. The van der Waals surface area contributed by atoms with Gasteiger partial charge in [-0.2, -0.15) is 0 Å². The second kappa shape index (κ2) is 11.6. The van der Waals surface area contributed by atoms with Gasteiger partial charge in [-0.05, 0) is 66.9 Å². The summed E-state index contributed by atoms with van der Waals surface area (Å²) >= 11 is 0. The Labute approximate surface area is 222 Å². The summed E-state index contributed by atoms with van der Waals surface area (Å²) in [5, 5.41) is 0. The molecule has 8 nitrogen and oxygen atoms in total. The third-order valence-corrected chi connectivity index (χ3v) is 6.87. The number of rotatable bonds is 8. The maximum atomic E-state index is 12.8. The number of methoxy groups -OCH3 is 4. The van der Waals surface area contributed by atoms with Crippen LogP contribution in [0.3, 0.4) is 0 Å². The Morgan fingerprint density at radius 1 is 0.895 bits per heavy atom. The number of hydrogen-bond donors (Lipinski definition) is 0. The number of benzene rings is 2. The van der Waals surface area contributed by atoms with Crippen molar-refractivity contribution in [3.63, 3.8) is 0 Å². The number of aryl methyl sites for hydroxylation is 1. The molecule has 0 spiro atoms. The summed E-state index contributed by atoms with van der Waals surface area (Å²) in [5.74, 6) is 2.03. The number of fused-ring (bicyclic) bond motifs is 3. The number of carbonyl (C=O) groups excluding carboxylic acids is 1. The van der Waals surface area contributed by atoms with E-state index in [9.17, 15) is 9.59 Å². The van der Waals surface area contributed by atoms with Crippen LogP contribution in [0.4, 0.5) is 0 Å². The Bertz CT molecular complexity index is 1400. The number of nitrogens with zero attached hydrogens (tertiary/aromatic N) is 1. The number of hydrogen-bond acceptors (Lipinski definition) is 8. The molecule has 0 heterocycles. The molecule has 0 bridgehead atoms. The van der Waals surface area contributed by atoms with Crippen molar-refractivity contribution < 1.29 is 28.5 Å². The molecule has 0 radical (unpaired) electrons. The van der Waals surface area contributed by atoms with Gasteiger partial charge in [0.25, 0.3) is 0 Å². The molecule has 8 heteroatoms. The molecule has 0 saturated carbocycles. The van der Waals surface area contributed by atoms with Crippen molar-refractivity contribution in [2.45, 2.75) is 32.4 Å². The highest BCUT2D eigenvalue weighted by Crippen LogP contribution is 2.51. The lowest BCUT2D eigenvalue weighted by molar-refractivity contribution is -0.131. The van der Waals surface area contributed by atoms with Crippen molar-refractivity contribution in [3.8, 4) is 39.9 Å². The topological polar surface area (TPSA) is 83.5 Å². The lowest BCUT2D eigenvalue weighted by atomic mass is 9.95. The van der Waals surface area contributed by atoms with Crippen LogP contribution in [0.15, 0.2) is 53.3 Å². The van der Waals surface area contributed by atoms with E-state index >= 15 is 0 Å². The van der Waals surface area contributed by atoms with Crippen molar-refractivity contribution in [1.29, 1.82) is 0 Å². The molecule has 0 aromatic heterocycles. The minimum Gasteiger partial charge on any atom is -0.493 e. The number of ether oxygens (including phenoxy) is 5. The van der Waals surface area contributed by atoms with E-state index in [2.05, 4.69) is 4.90 Å². The molecule has 0 fully saturated rings. The summed E-state index contributed by atoms with van der Waals surface area (Å²) < 4.78 is 28.1. The van der Waals surface area contributed by atoms with E-state index < -0.39 is 0 Å². The Morgan fingerprint density at radius 2 is 1.61 bits per heavy atom. The van der Waals surface area contributed by atoms with Crippen LogP contribution in [-0.4, -0.2) is 46.4 Å². The van der Waals surface area contributed by atoms with Crippen molar-refractivity contribution in [3.05, 3.63) is 75.4 Å². The zero-order valence-corrected chi connectivity index (χ0v) is 22.6. The maximum absolute atomic E-state index is 12.8. The first-order valence-electron chi connectivity index (χ1n) is 12.3. The quantitative estimate of drug-likeness (QED) is 0.310. The Balaban J connectivity index is 1.91. The van der Waals surface area contributed by atoms with Gasteiger partial charge >= 0.3 is 5.97 Å². The highest BCUT2D eigenvalue weighted by atomic mass is 16.5. The van der Waals surface area contributed by atoms with Gasteiger partial charge in [0, 0.05) is 30.6 Å². The molecule has 3 aromatic carbocycles. The molecular weight excluding hydrogens is 486 g/mol. The van der Waals surface area contributed by atoms with Gasteiger partial charge in [0.2, 0.25) is 11.2 Å². The van der Waals surface area contributed by atoms with Gasteiger partial charge in [-0.3, -0.25) is 14.5 Å². The minimum absolute atomic E-state index is 0.106. The lowest BCUT2D eigenvalue weighted by Crippen LogP contribution is -2.25. The SMILES string of the molecule is COc1cc2c(c(OC)c1OC)-c1ccc(=O)c(OC)cc1[C@@H](N(C)Cc1ccccc1OC(C)=O)CC2. The summed E-state index contributed by atoms with van der Waals surface area (Å²) in [5.41, 5.74) is 4.31. The van der Waals surface area contributed by atoms with Crippen LogP contribution in [0.1, 0.15) is 36.1 Å². The molecule has 0 N–H and O–H groups in total. The van der Waals surface area contributed by atoms with E-state index in [0.29, 0.717) is 29.5 Å². The van der Waals surface area contributed by atoms with Crippen molar-refractivity contribution in [1.82, 2.24) is 4.90 Å². The van der Waals surface area contributed by atoms with Gasteiger partial charge in [0.15, 0.2) is 17.2 Å². The first-order chi connectivity index (χ1) is 18.3. The predicted molar refractivity (Wildman–Crippen MR) is 145 cm³/mol. The molecule has 1 atom stereocenters. The van der Waals surface area contributed by atoms with Gasteiger partial charge in [0.1, 0.15) is 5.75 Å². The first kappa shape index (κ1) is 27.0. The lowest BCUT2D eigenvalue weighted by Gasteiger charge is -2.29. The monoisotopic (exact) mass is 519 g/mol. The van der Waals surface area contributed by atoms with E-state index in [1.54, 1.807) is 27.4 Å². The molecule has 0 saturated heterocycles. The normalized spacial score (nSPS) is 14.1. The molecule has 38 heavy (non-hydrogen) atoms. The fraction of sp³-hybridized carbons (Fsp3) is 0.333. The standard InChI is InChI=1S/C30H33NO7/c1-18(32)38-25-10-8-7-9-20(25)17-31(2)23-13-11-19-15-27(35-4)29(36-5)30(37-6)28(19)21-12-14-24(33)26(34-3)16-22(21)23/h7-10,12,14-16,23H,11,13,17H2,1-6H3/t23-/m0/s1. The summed E-state index contributed by atoms with van der Waals surface area (Å²) in [6, 6.07) is 14.5. The van der Waals surface area contributed by atoms with Crippen LogP contribution in [0.2, 0.25) is 0 Å². The van der Waals surface area contributed by atoms with Gasteiger partial charge in [-0.15, -0.1) is 0 Å². The fourth-order valence-electron chi connectivity index (χ4n) is 5.16. The van der Waals surface area contributed by atoms with E-state index in [-0.39, 0.29) is 23.2 Å². The highest BCUT2D eigenvalue weighted by molar-refractivity contribution is 5.82. The molecule has 4 rings (SSSR count). The van der Waals surface area contributed by atoms with Crippen molar-refractivity contribution >= 4 is 5.97 Å². The van der Waals surface area contributed by atoms with Crippen LogP contribution in [-0.2, 0) is 17.8 Å². The third-order valence-electron chi connectivity index (χ3n) is 6.87. The van der Waals surface area contributed by atoms with Crippen molar-refractivity contribution in [2.75, 3.05) is 35.5 Å². The minimum atomic E-state index is -0.370. The van der Waals surface area contributed by atoms with Gasteiger partial charge < -0.3 is 23.7 Å². The number of para-hydroxylation sites is 1. The first-order valence-corrected chi connectivity index (χ1v) is 12.3. The van der Waals surface area contributed by atoms with Crippen LogP contribution >= 0.6 is 0 Å². The van der Waals surface area contributed by atoms with Crippen LogP contribution in [0.5, 0.6) is 28.7 Å². The number of carbonyl (C=O) groups is 1. The van der Waals surface area contributed by atoms with E-state index in [1.165, 1.54) is 20.1 Å². The molecule has 200 valence electrons. The Kier molecular flexibility index (Phi) is 8.22. The average molecular weight is 520 g/mol. The Morgan fingerprint density at radius 3 is 2.26 bits per heavy atom. The molecule has 0 unspecified atom stereocenters. The summed E-state index contributed by atoms with van der Waals surface area (Å²) in [7, 11) is 8.28. The van der Waals surface area contributed by atoms with Crippen LogP contribution in [0.25, 0.3) is 11.1 Å². The maximum Gasteiger partial charge on any atom is 0.308 e. The van der Waals surface area contributed by atoms with Crippen molar-refractivity contribution in [2.24, 2.45) is 0 Å². The number of esters is 1. The molecule has 0 aliphatic heterocycles. The predicted octanol–water partition coefficient (Wildman–Crippen LogP) is 4.79. The Hall–Kier alpha value is -4.04. The largest absolute Gasteiger partial charge is 0.493 e. The zero-order valence-electron chi connectivity index (χ0n) is 22.6. The van der Waals surface area contributed by atoms with E-state index in [4.69, 9.17) is 23.7 Å². The molecule has 1 aliphatic carbocycles. The third kappa shape index (κ3) is 5.17. The van der Waals surface area contributed by atoms with Gasteiger partial charge in [0.05, 0.1) is 28.4 Å². The van der Waals surface area contributed by atoms with E-state index in [1.807, 2.05) is 43.4 Å². The summed E-state index contributed by atoms with van der Waals surface area (Å²) in [6.45, 7) is 1.90. The highest BCUT2D eigenvalue weighted by Gasteiger charge is 2.31. The fourth-order valence-corrected chi connectivity index (χ4v) is 5.16. The van der Waals surface area contributed by atoms with Gasteiger partial charge in [-0.1, -0.05) is 18.2 Å². The summed E-state index contributed by atoms with van der Waals surface area (Å²) in [4.78, 5) is 26.7. The van der Waals surface area contributed by atoms with Crippen LogP contribution in [0, 0.1) is 0 Å².